The van der Waals surface area contributed by atoms with Crippen molar-refractivity contribution in [3.63, 3.8) is 0 Å². The van der Waals surface area contributed by atoms with Crippen molar-refractivity contribution >= 4 is 18.0 Å². The standard InChI is InChI=1S/C18H25NO4/c1-5-23-16-9-6-15(7-10-16)8-11-17(20)19(14(2)3)13-12-18(21)22-4/h6-11,14H,5,12-13H2,1-4H3/b11-8+. The van der Waals surface area contributed by atoms with Gasteiger partial charge in [-0.05, 0) is 44.5 Å². The molecule has 0 bridgehead atoms. The van der Waals surface area contributed by atoms with Crippen molar-refractivity contribution in [3.8, 4) is 5.75 Å². The summed E-state index contributed by atoms with van der Waals surface area (Å²) in [5, 5.41) is 0. The van der Waals surface area contributed by atoms with Crippen LogP contribution >= 0.6 is 0 Å². The summed E-state index contributed by atoms with van der Waals surface area (Å²) in [7, 11) is 1.34. The summed E-state index contributed by atoms with van der Waals surface area (Å²) in [5.41, 5.74) is 0.915. The third kappa shape index (κ3) is 6.55. The minimum Gasteiger partial charge on any atom is -0.494 e. The molecule has 5 nitrogen and oxygen atoms in total. The zero-order valence-corrected chi connectivity index (χ0v) is 14.2. The quantitative estimate of drug-likeness (QED) is 0.546. The smallest absolute Gasteiger partial charge is 0.307 e. The minimum atomic E-state index is -0.320. The molecule has 0 saturated carbocycles. The molecule has 0 heterocycles. The Bertz CT molecular complexity index is 534. The van der Waals surface area contributed by atoms with Crippen LogP contribution in [0.25, 0.3) is 6.08 Å². The van der Waals surface area contributed by atoms with Crippen molar-refractivity contribution in [2.24, 2.45) is 0 Å². The summed E-state index contributed by atoms with van der Waals surface area (Å²) in [6, 6.07) is 7.53. The van der Waals surface area contributed by atoms with Crippen molar-refractivity contribution in [3.05, 3.63) is 35.9 Å². The molecule has 0 aliphatic rings. The van der Waals surface area contributed by atoms with Gasteiger partial charge in [0, 0.05) is 18.7 Å². The van der Waals surface area contributed by atoms with Crippen LogP contribution in [0.1, 0.15) is 32.8 Å². The molecule has 0 atom stereocenters. The van der Waals surface area contributed by atoms with E-state index in [1.54, 1.807) is 11.0 Å². The van der Waals surface area contributed by atoms with E-state index in [0.29, 0.717) is 13.2 Å². The summed E-state index contributed by atoms with van der Waals surface area (Å²) in [6.45, 7) is 6.73. The molecule has 0 aromatic heterocycles. The predicted molar refractivity (Wildman–Crippen MR) is 90.1 cm³/mol. The highest BCUT2D eigenvalue weighted by Crippen LogP contribution is 2.13. The lowest BCUT2D eigenvalue weighted by Gasteiger charge is -2.25. The van der Waals surface area contributed by atoms with E-state index in [0.717, 1.165) is 11.3 Å². The summed E-state index contributed by atoms with van der Waals surface area (Å²) in [6.07, 6.45) is 3.47. The third-order valence-electron chi connectivity index (χ3n) is 3.30. The summed E-state index contributed by atoms with van der Waals surface area (Å²) < 4.78 is 9.99. The molecule has 0 radical (unpaired) electrons. The van der Waals surface area contributed by atoms with Gasteiger partial charge >= 0.3 is 5.97 Å². The van der Waals surface area contributed by atoms with Crippen LogP contribution in [-0.4, -0.2) is 43.1 Å². The van der Waals surface area contributed by atoms with Crippen LogP contribution in [0.2, 0.25) is 0 Å². The molecule has 126 valence electrons. The normalized spacial score (nSPS) is 10.8. The lowest BCUT2D eigenvalue weighted by molar-refractivity contribution is -0.141. The van der Waals surface area contributed by atoms with E-state index < -0.39 is 0 Å². The van der Waals surface area contributed by atoms with Gasteiger partial charge in [-0.25, -0.2) is 0 Å². The van der Waals surface area contributed by atoms with Gasteiger partial charge in [-0.2, -0.15) is 0 Å². The van der Waals surface area contributed by atoms with Crippen LogP contribution in [0, 0.1) is 0 Å². The minimum absolute atomic E-state index is 0.0112. The van der Waals surface area contributed by atoms with Crippen molar-refractivity contribution in [2.75, 3.05) is 20.3 Å². The number of carbonyl (C=O) groups is 2. The lowest BCUT2D eigenvalue weighted by Crippen LogP contribution is -2.37. The first-order chi connectivity index (χ1) is 11.0. The van der Waals surface area contributed by atoms with Gasteiger partial charge in [-0.15, -0.1) is 0 Å². The van der Waals surface area contributed by atoms with Crippen LogP contribution in [0.5, 0.6) is 5.75 Å². The summed E-state index contributed by atoms with van der Waals surface area (Å²) in [5.74, 6) is 0.356. The van der Waals surface area contributed by atoms with E-state index in [9.17, 15) is 9.59 Å². The Morgan fingerprint density at radius 2 is 1.87 bits per heavy atom. The Morgan fingerprint density at radius 3 is 2.39 bits per heavy atom. The first-order valence-corrected chi connectivity index (χ1v) is 7.76. The van der Waals surface area contributed by atoms with Gasteiger partial charge in [0.15, 0.2) is 0 Å². The van der Waals surface area contributed by atoms with Crippen LogP contribution < -0.4 is 4.74 Å². The van der Waals surface area contributed by atoms with Crippen molar-refractivity contribution in [2.45, 2.75) is 33.2 Å². The second kappa shape index (κ2) is 9.66. The monoisotopic (exact) mass is 319 g/mol. The molecule has 0 unspecified atom stereocenters. The van der Waals surface area contributed by atoms with Gasteiger partial charge in [0.2, 0.25) is 5.91 Å². The Morgan fingerprint density at radius 1 is 1.22 bits per heavy atom. The molecular formula is C18H25NO4. The van der Waals surface area contributed by atoms with E-state index in [1.165, 1.54) is 13.2 Å². The highest BCUT2D eigenvalue weighted by Gasteiger charge is 2.15. The van der Waals surface area contributed by atoms with Gasteiger partial charge < -0.3 is 14.4 Å². The second-order valence-electron chi connectivity index (χ2n) is 5.29. The van der Waals surface area contributed by atoms with E-state index in [1.807, 2.05) is 45.0 Å². The number of esters is 1. The molecule has 1 aromatic carbocycles. The average molecular weight is 319 g/mol. The zero-order valence-electron chi connectivity index (χ0n) is 14.2. The number of hydrogen-bond acceptors (Lipinski definition) is 4. The molecule has 0 aliphatic heterocycles. The van der Waals surface area contributed by atoms with E-state index >= 15 is 0 Å². The molecule has 1 amide bonds. The summed E-state index contributed by atoms with van der Waals surface area (Å²) in [4.78, 5) is 25.2. The fourth-order valence-electron chi connectivity index (χ4n) is 2.04. The van der Waals surface area contributed by atoms with Gasteiger partial charge in [0.1, 0.15) is 5.75 Å². The molecule has 0 saturated heterocycles. The number of hydrogen-bond donors (Lipinski definition) is 0. The Hall–Kier alpha value is -2.30. The Labute approximate surface area is 137 Å². The molecule has 0 spiro atoms. The first-order valence-electron chi connectivity index (χ1n) is 7.76. The number of amides is 1. The Balaban J connectivity index is 2.67. The largest absolute Gasteiger partial charge is 0.494 e. The van der Waals surface area contributed by atoms with Crippen molar-refractivity contribution in [1.29, 1.82) is 0 Å². The predicted octanol–water partition coefficient (Wildman–Crippen LogP) is 2.90. The van der Waals surface area contributed by atoms with Crippen LogP contribution in [-0.2, 0) is 14.3 Å². The van der Waals surface area contributed by atoms with Gasteiger partial charge in [-0.3, -0.25) is 9.59 Å². The van der Waals surface area contributed by atoms with E-state index in [4.69, 9.17) is 4.74 Å². The molecular weight excluding hydrogens is 294 g/mol. The SMILES string of the molecule is CCOc1ccc(/C=C/C(=O)N(CCC(=O)OC)C(C)C)cc1. The number of rotatable bonds is 8. The highest BCUT2D eigenvalue weighted by atomic mass is 16.5. The van der Waals surface area contributed by atoms with Gasteiger partial charge in [0.05, 0.1) is 20.1 Å². The molecule has 5 heteroatoms. The van der Waals surface area contributed by atoms with Crippen LogP contribution in [0.4, 0.5) is 0 Å². The number of benzene rings is 1. The van der Waals surface area contributed by atoms with Crippen LogP contribution in [0.15, 0.2) is 30.3 Å². The molecule has 0 N–H and O–H groups in total. The molecule has 23 heavy (non-hydrogen) atoms. The highest BCUT2D eigenvalue weighted by molar-refractivity contribution is 5.92. The Kier molecular flexibility index (Phi) is 7.88. The molecule has 1 aromatic rings. The number of methoxy groups -OCH3 is 1. The lowest BCUT2D eigenvalue weighted by atomic mass is 10.2. The molecule has 0 aliphatic carbocycles. The van der Waals surface area contributed by atoms with Gasteiger partial charge in [0.25, 0.3) is 0 Å². The van der Waals surface area contributed by atoms with E-state index in [2.05, 4.69) is 4.74 Å². The average Bonchev–Trinajstić information content (AvgIpc) is 2.54. The third-order valence-corrected chi connectivity index (χ3v) is 3.30. The van der Waals surface area contributed by atoms with E-state index in [-0.39, 0.29) is 24.3 Å². The molecule has 0 fully saturated rings. The summed E-state index contributed by atoms with van der Waals surface area (Å²) >= 11 is 0. The maximum atomic E-state index is 12.3. The number of carbonyl (C=O) groups excluding carboxylic acids is 2. The second-order valence-corrected chi connectivity index (χ2v) is 5.29. The maximum Gasteiger partial charge on any atom is 0.307 e. The number of nitrogens with zero attached hydrogens (tertiary/aromatic N) is 1. The zero-order chi connectivity index (χ0) is 17.2. The topological polar surface area (TPSA) is 55.8 Å². The molecule has 1 rings (SSSR count). The van der Waals surface area contributed by atoms with Gasteiger partial charge in [-0.1, -0.05) is 12.1 Å². The fourth-order valence-corrected chi connectivity index (χ4v) is 2.04. The fraction of sp³-hybridized carbons (Fsp3) is 0.444. The van der Waals surface area contributed by atoms with Crippen molar-refractivity contribution in [1.82, 2.24) is 4.90 Å². The maximum absolute atomic E-state index is 12.3. The van der Waals surface area contributed by atoms with Crippen molar-refractivity contribution < 1.29 is 19.1 Å². The van der Waals surface area contributed by atoms with Crippen LogP contribution in [0.3, 0.4) is 0 Å². The number of ether oxygens (including phenoxy) is 2. The first kappa shape index (κ1) is 18.7.